The van der Waals surface area contributed by atoms with Crippen LogP contribution in [-0.4, -0.2) is 12.1 Å². The molecule has 0 atom stereocenters. The third kappa shape index (κ3) is 3.57. The molecule has 1 saturated carbocycles. The number of hydrogen-bond acceptors (Lipinski definition) is 2. The molecule has 1 aromatic carbocycles. The molecule has 0 aliphatic heterocycles. The van der Waals surface area contributed by atoms with Crippen LogP contribution in [0.2, 0.25) is 5.02 Å². The maximum atomic E-state index is 11.8. The van der Waals surface area contributed by atoms with Crippen molar-refractivity contribution in [2.24, 2.45) is 11.0 Å². The van der Waals surface area contributed by atoms with E-state index in [9.17, 15) is 4.79 Å². The van der Waals surface area contributed by atoms with Gasteiger partial charge in [0.25, 0.3) is 5.91 Å². The van der Waals surface area contributed by atoms with E-state index < -0.39 is 0 Å². The number of nitrogens with one attached hydrogen (secondary N) is 1. The topological polar surface area (TPSA) is 41.5 Å². The Morgan fingerprint density at radius 1 is 1.28 bits per heavy atom. The van der Waals surface area contributed by atoms with E-state index in [0.717, 1.165) is 0 Å². The molecule has 1 N–H and O–H groups in total. The van der Waals surface area contributed by atoms with Crippen molar-refractivity contribution in [1.29, 1.82) is 0 Å². The van der Waals surface area contributed by atoms with E-state index in [2.05, 4.69) is 10.5 Å². The predicted octanol–water partition coefficient (Wildman–Crippen LogP) is 3.64. The van der Waals surface area contributed by atoms with Crippen LogP contribution in [0.5, 0.6) is 0 Å². The SMILES string of the molecule is O=C(NN=CC1CCCCC1)c1ccccc1Cl. The number of rotatable bonds is 3. The summed E-state index contributed by atoms with van der Waals surface area (Å²) in [5.41, 5.74) is 2.99. The van der Waals surface area contributed by atoms with Crippen LogP contribution in [0.25, 0.3) is 0 Å². The van der Waals surface area contributed by atoms with Crippen LogP contribution in [0.3, 0.4) is 0 Å². The Hall–Kier alpha value is -1.35. The fourth-order valence-electron chi connectivity index (χ4n) is 2.19. The molecule has 1 amide bonds. The summed E-state index contributed by atoms with van der Waals surface area (Å²) < 4.78 is 0. The maximum absolute atomic E-state index is 11.8. The molecule has 3 nitrogen and oxygen atoms in total. The molecule has 2 rings (SSSR count). The van der Waals surface area contributed by atoms with Crippen molar-refractivity contribution in [2.75, 3.05) is 0 Å². The molecule has 1 fully saturated rings. The molecule has 0 bridgehead atoms. The molecule has 0 spiro atoms. The van der Waals surface area contributed by atoms with Crippen molar-refractivity contribution in [3.05, 3.63) is 34.9 Å². The van der Waals surface area contributed by atoms with Gasteiger partial charge in [-0.05, 0) is 30.9 Å². The Morgan fingerprint density at radius 2 is 2.00 bits per heavy atom. The van der Waals surface area contributed by atoms with Crippen LogP contribution in [0.1, 0.15) is 42.5 Å². The molecule has 0 radical (unpaired) electrons. The Bertz CT molecular complexity index is 439. The molecule has 0 aromatic heterocycles. The molecule has 0 saturated heterocycles. The van der Waals surface area contributed by atoms with E-state index in [1.807, 2.05) is 6.21 Å². The fraction of sp³-hybridized carbons (Fsp3) is 0.429. The number of hydrazone groups is 1. The summed E-state index contributed by atoms with van der Waals surface area (Å²) in [6.45, 7) is 0. The summed E-state index contributed by atoms with van der Waals surface area (Å²) >= 11 is 5.93. The quantitative estimate of drug-likeness (QED) is 0.657. The molecule has 1 aromatic rings. The Kier molecular flexibility index (Phi) is 4.76. The third-order valence-electron chi connectivity index (χ3n) is 3.22. The van der Waals surface area contributed by atoms with E-state index in [0.29, 0.717) is 16.5 Å². The van der Waals surface area contributed by atoms with Crippen molar-refractivity contribution in [1.82, 2.24) is 5.43 Å². The molecular weight excluding hydrogens is 248 g/mol. The van der Waals surface area contributed by atoms with Crippen LogP contribution in [-0.2, 0) is 0 Å². The van der Waals surface area contributed by atoms with Crippen LogP contribution in [0.15, 0.2) is 29.4 Å². The molecule has 0 heterocycles. The first-order valence-corrected chi connectivity index (χ1v) is 6.73. The van der Waals surface area contributed by atoms with Crippen molar-refractivity contribution in [3.8, 4) is 0 Å². The Morgan fingerprint density at radius 3 is 2.72 bits per heavy atom. The molecule has 1 aliphatic rings. The predicted molar refractivity (Wildman–Crippen MR) is 74.0 cm³/mol. The Balaban J connectivity index is 1.88. The second kappa shape index (κ2) is 6.55. The first-order chi connectivity index (χ1) is 8.77. The number of benzene rings is 1. The number of amides is 1. The summed E-state index contributed by atoms with van der Waals surface area (Å²) in [5, 5.41) is 4.48. The fourth-order valence-corrected chi connectivity index (χ4v) is 2.41. The van der Waals surface area contributed by atoms with E-state index >= 15 is 0 Å². The van der Waals surface area contributed by atoms with E-state index in [4.69, 9.17) is 11.6 Å². The minimum absolute atomic E-state index is 0.257. The van der Waals surface area contributed by atoms with Crippen molar-refractivity contribution in [3.63, 3.8) is 0 Å². The average Bonchev–Trinajstić information content (AvgIpc) is 2.40. The molecule has 18 heavy (non-hydrogen) atoms. The second-order valence-corrected chi connectivity index (χ2v) is 5.00. The lowest BCUT2D eigenvalue weighted by molar-refractivity contribution is 0.0955. The van der Waals surface area contributed by atoms with Gasteiger partial charge in [-0.1, -0.05) is 43.0 Å². The average molecular weight is 265 g/mol. The van der Waals surface area contributed by atoms with Gasteiger partial charge in [0.2, 0.25) is 0 Å². The highest BCUT2D eigenvalue weighted by molar-refractivity contribution is 6.33. The van der Waals surface area contributed by atoms with Gasteiger partial charge in [0, 0.05) is 6.21 Å². The third-order valence-corrected chi connectivity index (χ3v) is 3.55. The highest BCUT2D eigenvalue weighted by Crippen LogP contribution is 2.21. The molecule has 1 aliphatic carbocycles. The lowest BCUT2D eigenvalue weighted by atomic mass is 9.90. The van der Waals surface area contributed by atoms with Gasteiger partial charge in [-0.15, -0.1) is 0 Å². The normalized spacial score (nSPS) is 16.9. The Labute approximate surface area is 112 Å². The highest BCUT2D eigenvalue weighted by atomic mass is 35.5. The molecular formula is C14H17ClN2O. The van der Waals surface area contributed by atoms with E-state index in [-0.39, 0.29) is 5.91 Å². The van der Waals surface area contributed by atoms with Crippen molar-refractivity contribution < 1.29 is 4.79 Å². The van der Waals surface area contributed by atoms with Gasteiger partial charge in [-0.25, -0.2) is 5.43 Å². The zero-order chi connectivity index (χ0) is 12.8. The van der Waals surface area contributed by atoms with Gasteiger partial charge in [-0.2, -0.15) is 5.10 Å². The number of hydrogen-bond donors (Lipinski definition) is 1. The zero-order valence-electron chi connectivity index (χ0n) is 10.2. The van der Waals surface area contributed by atoms with Crippen LogP contribution in [0, 0.1) is 5.92 Å². The maximum Gasteiger partial charge on any atom is 0.272 e. The molecule has 96 valence electrons. The van der Waals surface area contributed by atoms with Crippen LogP contribution in [0.4, 0.5) is 0 Å². The summed E-state index contributed by atoms with van der Waals surface area (Å²) in [5.74, 6) is 0.248. The zero-order valence-corrected chi connectivity index (χ0v) is 11.0. The number of halogens is 1. The lowest BCUT2D eigenvalue weighted by Gasteiger charge is -2.16. The summed E-state index contributed by atoms with van der Waals surface area (Å²) in [6.07, 6.45) is 8.03. The lowest BCUT2D eigenvalue weighted by Crippen LogP contribution is -2.19. The van der Waals surface area contributed by atoms with Gasteiger partial charge < -0.3 is 0 Å². The van der Waals surface area contributed by atoms with Crippen molar-refractivity contribution >= 4 is 23.7 Å². The minimum Gasteiger partial charge on any atom is -0.267 e. The smallest absolute Gasteiger partial charge is 0.267 e. The molecule has 4 heteroatoms. The monoisotopic (exact) mass is 264 g/mol. The number of carbonyl (C=O) groups is 1. The minimum atomic E-state index is -0.257. The molecule has 0 unspecified atom stereocenters. The summed E-state index contributed by atoms with van der Waals surface area (Å²) in [7, 11) is 0. The number of carbonyl (C=O) groups excluding carboxylic acids is 1. The number of nitrogens with zero attached hydrogens (tertiary/aromatic N) is 1. The summed E-state index contributed by atoms with van der Waals surface area (Å²) in [6, 6.07) is 6.96. The van der Waals surface area contributed by atoms with Gasteiger partial charge in [-0.3, -0.25) is 4.79 Å². The first-order valence-electron chi connectivity index (χ1n) is 6.35. The van der Waals surface area contributed by atoms with Gasteiger partial charge >= 0.3 is 0 Å². The largest absolute Gasteiger partial charge is 0.272 e. The van der Waals surface area contributed by atoms with Gasteiger partial charge in [0.05, 0.1) is 10.6 Å². The van der Waals surface area contributed by atoms with E-state index in [1.165, 1.54) is 32.1 Å². The second-order valence-electron chi connectivity index (χ2n) is 4.60. The summed E-state index contributed by atoms with van der Waals surface area (Å²) in [4.78, 5) is 11.8. The standard InChI is InChI=1S/C14H17ClN2O/c15-13-9-5-4-8-12(13)14(18)17-16-10-11-6-2-1-3-7-11/h4-5,8-11H,1-3,6-7H2,(H,17,18). The first kappa shape index (κ1) is 13.1. The van der Waals surface area contributed by atoms with E-state index in [1.54, 1.807) is 24.3 Å². The van der Waals surface area contributed by atoms with Crippen LogP contribution < -0.4 is 5.43 Å². The van der Waals surface area contributed by atoms with Gasteiger partial charge in [0.15, 0.2) is 0 Å². The van der Waals surface area contributed by atoms with Crippen LogP contribution >= 0.6 is 11.6 Å². The van der Waals surface area contributed by atoms with Crippen molar-refractivity contribution in [2.45, 2.75) is 32.1 Å². The highest BCUT2D eigenvalue weighted by Gasteiger charge is 2.11. The van der Waals surface area contributed by atoms with Gasteiger partial charge in [0.1, 0.15) is 0 Å².